The topological polar surface area (TPSA) is 75.6 Å². The molecule has 1 aliphatic rings. The molecule has 1 heterocycles. The smallest absolute Gasteiger partial charge is 0.331 e. The van der Waals surface area contributed by atoms with Gasteiger partial charge in [-0.05, 0) is 12.1 Å². The van der Waals surface area contributed by atoms with Crippen LogP contribution in [-0.4, -0.2) is 23.1 Å². The summed E-state index contributed by atoms with van der Waals surface area (Å²) in [7, 11) is 0. The highest BCUT2D eigenvalue weighted by molar-refractivity contribution is 5.88. The molecule has 1 amide bonds. The van der Waals surface area contributed by atoms with E-state index in [0.717, 1.165) is 11.6 Å². The van der Waals surface area contributed by atoms with E-state index in [1.807, 2.05) is 19.1 Å². The monoisotopic (exact) mass is 329 g/mol. The van der Waals surface area contributed by atoms with Gasteiger partial charge >= 0.3 is 5.97 Å². The zero-order chi connectivity index (χ0) is 17.3. The van der Waals surface area contributed by atoms with E-state index in [2.05, 4.69) is 5.32 Å². The third-order valence-corrected chi connectivity index (χ3v) is 4.13. The van der Waals surface area contributed by atoms with Crippen molar-refractivity contribution in [3.63, 3.8) is 0 Å². The number of aliphatic carboxylic acids is 1. The molecule has 0 saturated heterocycles. The van der Waals surface area contributed by atoms with Crippen LogP contribution in [0.15, 0.2) is 48.5 Å². The maximum absolute atomic E-state index is 13.9. The molecular formula is C18H16FNO4. The van der Waals surface area contributed by atoms with Gasteiger partial charge in [0.05, 0.1) is 0 Å². The number of benzene rings is 2. The highest BCUT2D eigenvalue weighted by Crippen LogP contribution is 2.37. The fourth-order valence-corrected chi connectivity index (χ4v) is 2.85. The fourth-order valence-electron chi connectivity index (χ4n) is 2.85. The van der Waals surface area contributed by atoms with E-state index in [0.29, 0.717) is 5.75 Å². The number of ether oxygens (including phenoxy) is 1. The SMILES string of the molecule is C[C@H]1c2ccccc2O[C@H]1C(=O)NC(C(=O)O)c1ccccc1F. The lowest BCUT2D eigenvalue weighted by atomic mass is 9.96. The highest BCUT2D eigenvalue weighted by Gasteiger charge is 2.38. The number of amides is 1. The fraction of sp³-hybridized carbons (Fsp3) is 0.222. The van der Waals surface area contributed by atoms with Gasteiger partial charge in [-0.25, -0.2) is 9.18 Å². The Labute approximate surface area is 138 Å². The van der Waals surface area contributed by atoms with Crippen molar-refractivity contribution in [1.82, 2.24) is 5.32 Å². The maximum Gasteiger partial charge on any atom is 0.331 e. The Morgan fingerprint density at radius 1 is 1.17 bits per heavy atom. The number of para-hydroxylation sites is 1. The first kappa shape index (κ1) is 16.0. The number of fused-ring (bicyclic) bond motifs is 1. The maximum atomic E-state index is 13.9. The minimum absolute atomic E-state index is 0.0958. The number of hydrogen-bond donors (Lipinski definition) is 2. The lowest BCUT2D eigenvalue weighted by Gasteiger charge is -2.20. The van der Waals surface area contributed by atoms with E-state index in [9.17, 15) is 19.1 Å². The first-order chi connectivity index (χ1) is 11.5. The highest BCUT2D eigenvalue weighted by atomic mass is 19.1. The van der Waals surface area contributed by atoms with Crippen molar-refractivity contribution in [1.29, 1.82) is 0 Å². The number of hydrogen-bond acceptors (Lipinski definition) is 3. The summed E-state index contributed by atoms with van der Waals surface area (Å²) >= 11 is 0. The van der Waals surface area contributed by atoms with E-state index >= 15 is 0 Å². The lowest BCUT2D eigenvalue weighted by Crippen LogP contribution is -2.43. The van der Waals surface area contributed by atoms with Crippen molar-refractivity contribution < 1.29 is 23.8 Å². The zero-order valence-corrected chi connectivity index (χ0v) is 12.9. The zero-order valence-electron chi connectivity index (χ0n) is 12.9. The van der Waals surface area contributed by atoms with Gasteiger partial charge in [0, 0.05) is 17.0 Å². The van der Waals surface area contributed by atoms with Crippen LogP contribution >= 0.6 is 0 Å². The Morgan fingerprint density at radius 3 is 2.50 bits per heavy atom. The molecule has 0 aromatic heterocycles. The van der Waals surface area contributed by atoms with Crippen molar-refractivity contribution in [3.8, 4) is 5.75 Å². The number of halogens is 1. The average molecular weight is 329 g/mol. The van der Waals surface area contributed by atoms with Crippen LogP contribution in [0.1, 0.15) is 30.0 Å². The molecule has 0 bridgehead atoms. The van der Waals surface area contributed by atoms with Crippen LogP contribution in [0.5, 0.6) is 5.75 Å². The van der Waals surface area contributed by atoms with Crippen LogP contribution < -0.4 is 10.1 Å². The van der Waals surface area contributed by atoms with Crippen molar-refractivity contribution in [3.05, 3.63) is 65.5 Å². The number of carbonyl (C=O) groups is 2. The number of carbonyl (C=O) groups excluding carboxylic acids is 1. The second-order valence-corrected chi connectivity index (χ2v) is 5.67. The Bertz CT molecular complexity index is 792. The van der Waals surface area contributed by atoms with Crippen molar-refractivity contribution in [2.24, 2.45) is 0 Å². The summed E-state index contributed by atoms with van der Waals surface area (Å²) in [6, 6.07) is 11.2. The van der Waals surface area contributed by atoms with Crippen molar-refractivity contribution >= 4 is 11.9 Å². The van der Waals surface area contributed by atoms with Gasteiger partial charge in [0.15, 0.2) is 12.1 Å². The average Bonchev–Trinajstić information content (AvgIpc) is 2.90. The quantitative estimate of drug-likeness (QED) is 0.904. The van der Waals surface area contributed by atoms with E-state index < -0.39 is 29.8 Å². The number of carboxylic acid groups (broad SMARTS) is 1. The van der Waals surface area contributed by atoms with Crippen LogP contribution in [0.25, 0.3) is 0 Å². The van der Waals surface area contributed by atoms with Gasteiger partial charge in [-0.3, -0.25) is 4.79 Å². The minimum atomic E-state index is -1.47. The molecule has 3 atom stereocenters. The van der Waals surface area contributed by atoms with Gasteiger partial charge in [-0.15, -0.1) is 0 Å². The van der Waals surface area contributed by atoms with Gasteiger partial charge in [-0.1, -0.05) is 43.3 Å². The molecule has 0 fully saturated rings. The van der Waals surface area contributed by atoms with Crippen LogP contribution in [0.2, 0.25) is 0 Å². The summed E-state index contributed by atoms with van der Waals surface area (Å²) in [5.74, 6) is -2.24. The second-order valence-electron chi connectivity index (χ2n) is 5.67. The molecule has 124 valence electrons. The summed E-state index contributed by atoms with van der Waals surface area (Å²) in [6.45, 7) is 1.83. The largest absolute Gasteiger partial charge is 0.480 e. The Morgan fingerprint density at radius 2 is 1.83 bits per heavy atom. The normalized spacial score (nSPS) is 19.9. The molecule has 24 heavy (non-hydrogen) atoms. The minimum Gasteiger partial charge on any atom is -0.480 e. The molecule has 3 rings (SSSR count). The molecule has 1 unspecified atom stereocenters. The second kappa shape index (κ2) is 6.31. The molecule has 2 aromatic carbocycles. The summed E-state index contributed by atoms with van der Waals surface area (Å²) < 4.78 is 19.5. The predicted octanol–water partition coefficient (Wildman–Crippen LogP) is 2.63. The number of rotatable bonds is 4. The van der Waals surface area contributed by atoms with Crippen LogP contribution in [-0.2, 0) is 9.59 Å². The molecular weight excluding hydrogens is 313 g/mol. The molecule has 6 heteroatoms. The standard InChI is InChI=1S/C18H16FNO4/c1-10-11-6-3-5-9-14(11)24-16(10)17(21)20-15(18(22)23)12-7-2-4-8-13(12)19/h2-10,15-16H,1H3,(H,20,21)(H,22,23)/t10-,15?,16+/m0/s1. The number of carboxylic acids is 1. The van der Waals surface area contributed by atoms with E-state index in [1.54, 1.807) is 12.1 Å². The van der Waals surface area contributed by atoms with Crippen molar-refractivity contribution in [2.45, 2.75) is 25.0 Å². The van der Waals surface area contributed by atoms with Crippen LogP contribution in [0.4, 0.5) is 4.39 Å². The molecule has 0 spiro atoms. The number of nitrogens with one attached hydrogen (secondary N) is 1. The van der Waals surface area contributed by atoms with Crippen LogP contribution in [0, 0.1) is 5.82 Å². The molecule has 0 aliphatic carbocycles. The van der Waals surface area contributed by atoms with Gasteiger partial charge in [-0.2, -0.15) is 0 Å². The van der Waals surface area contributed by atoms with Gasteiger partial charge in [0.25, 0.3) is 5.91 Å². The third kappa shape index (κ3) is 2.82. The van der Waals surface area contributed by atoms with Crippen LogP contribution in [0.3, 0.4) is 0 Å². The Balaban J connectivity index is 1.81. The van der Waals surface area contributed by atoms with Gasteiger partial charge in [0.1, 0.15) is 11.6 Å². The predicted molar refractivity (Wildman–Crippen MR) is 84.2 cm³/mol. The summed E-state index contributed by atoms with van der Waals surface area (Å²) in [5.41, 5.74) is 0.789. The molecule has 2 N–H and O–H groups in total. The lowest BCUT2D eigenvalue weighted by molar-refractivity contribution is -0.143. The third-order valence-electron chi connectivity index (χ3n) is 4.13. The first-order valence-corrected chi connectivity index (χ1v) is 7.52. The summed E-state index contributed by atoms with van der Waals surface area (Å²) in [5, 5.41) is 11.7. The molecule has 5 nitrogen and oxygen atoms in total. The van der Waals surface area contributed by atoms with E-state index in [4.69, 9.17) is 4.74 Å². The Hall–Kier alpha value is -2.89. The molecule has 1 aliphatic heterocycles. The molecule has 0 radical (unpaired) electrons. The van der Waals surface area contributed by atoms with E-state index in [1.165, 1.54) is 18.2 Å². The van der Waals surface area contributed by atoms with Gasteiger partial charge < -0.3 is 15.2 Å². The molecule has 2 aromatic rings. The first-order valence-electron chi connectivity index (χ1n) is 7.52. The van der Waals surface area contributed by atoms with E-state index in [-0.39, 0.29) is 11.5 Å². The van der Waals surface area contributed by atoms with Gasteiger partial charge in [0.2, 0.25) is 0 Å². The van der Waals surface area contributed by atoms with Crippen molar-refractivity contribution in [2.75, 3.05) is 0 Å². The molecule has 0 saturated carbocycles. The summed E-state index contributed by atoms with van der Waals surface area (Å²) in [6.07, 6.45) is -0.851. The summed E-state index contributed by atoms with van der Waals surface area (Å²) in [4.78, 5) is 24.0. The Kier molecular flexibility index (Phi) is 4.20.